The molecule has 11 heteroatoms. The van der Waals surface area contributed by atoms with Crippen molar-refractivity contribution in [2.75, 3.05) is 25.4 Å². The van der Waals surface area contributed by atoms with Gasteiger partial charge in [-0.25, -0.2) is 25.9 Å². The summed E-state index contributed by atoms with van der Waals surface area (Å²) in [4.78, 5) is 14.6. The van der Waals surface area contributed by atoms with Crippen molar-refractivity contribution >= 4 is 26.0 Å². The highest BCUT2D eigenvalue weighted by Gasteiger charge is 2.40. The van der Waals surface area contributed by atoms with Gasteiger partial charge in [-0.3, -0.25) is 4.79 Å². The van der Waals surface area contributed by atoms with Gasteiger partial charge < -0.3 is 4.90 Å². The van der Waals surface area contributed by atoms with Crippen molar-refractivity contribution in [1.29, 1.82) is 0 Å². The number of carbonyl (C=O) groups is 1. The summed E-state index contributed by atoms with van der Waals surface area (Å²) < 4.78 is 66.8. The van der Waals surface area contributed by atoms with E-state index in [2.05, 4.69) is 4.72 Å². The lowest BCUT2D eigenvalue weighted by Crippen LogP contribution is -2.52. The van der Waals surface area contributed by atoms with Crippen molar-refractivity contribution < 1.29 is 26.0 Å². The van der Waals surface area contributed by atoms with E-state index in [1.807, 2.05) is 0 Å². The lowest BCUT2D eigenvalue weighted by atomic mass is 10.0. The molecule has 0 aliphatic carbocycles. The number of piperidine rings is 1. The predicted molar refractivity (Wildman–Crippen MR) is 110 cm³/mol. The Morgan fingerprint density at radius 3 is 2.30 bits per heavy atom. The lowest BCUT2D eigenvalue weighted by molar-refractivity contribution is -0.135. The minimum Gasteiger partial charge on any atom is -0.341 e. The van der Waals surface area contributed by atoms with Crippen LogP contribution in [0, 0.1) is 5.82 Å². The second-order valence-electron chi connectivity index (χ2n) is 7.76. The number of amides is 1. The molecule has 1 amide bonds. The van der Waals surface area contributed by atoms with Crippen molar-refractivity contribution in [3.05, 3.63) is 30.1 Å². The number of rotatable bonds is 7. The number of benzene rings is 1. The average Bonchev–Trinajstić information content (AvgIpc) is 3.19. The van der Waals surface area contributed by atoms with Gasteiger partial charge in [0.25, 0.3) is 0 Å². The van der Waals surface area contributed by atoms with Gasteiger partial charge >= 0.3 is 0 Å². The van der Waals surface area contributed by atoms with Crippen LogP contribution in [0.5, 0.6) is 0 Å². The van der Waals surface area contributed by atoms with Crippen molar-refractivity contribution in [2.24, 2.45) is 0 Å². The minimum absolute atomic E-state index is 0.00914. The number of hydrogen-bond donors (Lipinski definition) is 1. The average molecular weight is 462 g/mol. The molecule has 30 heavy (non-hydrogen) atoms. The Bertz CT molecular complexity index is 958. The van der Waals surface area contributed by atoms with Crippen molar-refractivity contribution in [2.45, 2.75) is 56.0 Å². The van der Waals surface area contributed by atoms with E-state index in [-0.39, 0.29) is 22.6 Å². The first-order valence-electron chi connectivity index (χ1n) is 10.2. The van der Waals surface area contributed by atoms with Crippen molar-refractivity contribution in [3.63, 3.8) is 0 Å². The highest BCUT2D eigenvalue weighted by atomic mass is 32.2. The van der Waals surface area contributed by atoms with Crippen LogP contribution in [0.25, 0.3) is 0 Å². The van der Waals surface area contributed by atoms with Gasteiger partial charge in [-0.15, -0.1) is 0 Å². The zero-order chi connectivity index (χ0) is 21.9. The van der Waals surface area contributed by atoms with Gasteiger partial charge in [0.1, 0.15) is 11.9 Å². The Kier molecular flexibility index (Phi) is 7.16. The van der Waals surface area contributed by atoms with Gasteiger partial charge in [0.2, 0.25) is 26.0 Å². The maximum atomic E-state index is 13.0. The molecule has 168 valence electrons. The summed E-state index contributed by atoms with van der Waals surface area (Å²) in [7, 11) is -7.22. The quantitative estimate of drug-likeness (QED) is 0.659. The summed E-state index contributed by atoms with van der Waals surface area (Å²) in [6, 6.07) is 3.61. The highest BCUT2D eigenvalue weighted by Crippen LogP contribution is 2.25. The van der Waals surface area contributed by atoms with E-state index in [0.29, 0.717) is 51.7 Å². The Labute approximate surface area is 177 Å². The van der Waals surface area contributed by atoms with E-state index in [4.69, 9.17) is 0 Å². The molecule has 1 unspecified atom stereocenters. The minimum atomic E-state index is -3.77. The number of nitrogens with one attached hydrogen (secondary N) is 1. The summed E-state index contributed by atoms with van der Waals surface area (Å²) in [5.41, 5.74) is 0. The molecule has 2 aliphatic heterocycles. The van der Waals surface area contributed by atoms with Gasteiger partial charge in [-0.1, -0.05) is 6.92 Å². The van der Waals surface area contributed by atoms with E-state index in [9.17, 15) is 26.0 Å². The van der Waals surface area contributed by atoms with E-state index in [0.717, 1.165) is 12.1 Å². The molecule has 8 nitrogen and oxygen atoms in total. The van der Waals surface area contributed by atoms with Crippen LogP contribution in [-0.4, -0.2) is 69.4 Å². The standard InChI is InChI=1S/C19H28FN3O5S2/c1-2-14-29(25,26)23-11-3-4-18(23)19(24)22-12-9-16(10-13-22)21-30(27,28)17-7-5-15(20)6-8-17/h5-8,16,18,21H,2-4,9-14H2,1H3. The molecule has 0 radical (unpaired) electrons. The molecular formula is C19H28FN3O5S2. The van der Waals surface area contributed by atoms with Crippen molar-refractivity contribution in [3.8, 4) is 0 Å². The smallest absolute Gasteiger partial charge is 0.241 e. The number of carbonyl (C=O) groups excluding carboxylic acids is 1. The van der Waals surface area contributed by atoms with E-state index in [1.54, 1.807) is 11.8 Å². The zero-order valence-electron chi connectivity index (χ0n) is 17.0. The van der Waals surface area contributed by atoms with Gasteiger partial charge in [-0.05, 0) is 56.4 Å². The van der Waals surface area contributed by atoms with Gasteiger partial charge in [0.05, 0.1) is 10.6 Å². The molecule has 1 aromatic carbocycles. The summed E-state index contributed by atoms with van der Waals surface area (Å²) in [6.45, 7) is 2.87. The summed E-state index contributed by atoms with van der Waals surface area (Å²) >= 11 is 0. The van der Waals surface area contributed by atoms with Crippen LogP contribution < -0.4 is 4.72 Å². The first-order valence-corrected chi connectivity index (χ1v) is 13.3. The maximum Gasteiger partial charge on any atom is 0.241 e. The fraction of sp³-hybridized carbons (Fsp3) is 0.632. The van der Waals surface area contributed by atoms with Crippen LogP contribution in [0.15, 0.2) is 29.2 Å². The summed E-state index contributed by atoms with van der Waals surface area (Å²) in [5, 5.41) is 0. The monoisotopic (exact) mass is 461 g/mol. The topological polar surface area (TPSA) is 104 Å². The molecule has 0 aromatic heterocycles. The number of likely N-dealkylation sites (tertiary alicyclic amines) is 1. The second kappa shape index (κ2) is 9.29. The number of hydrogen-bond acceptors (Lipinski definition) is 5. The normalized spacial score (nSPS) is 21.8. The Hall–Kier alpha value is -1.56. The molecule has 1 atom stereocenters. The Morgan fingerprint density at radius 2 is 1.70 bits per heavy atom. The molecule has 0 bridgehead atoms. The zero-order valence-corrected chi connectivity index (χ0v) is 18.6. The highest BCUT2D eigenvalue weighted by molar-refractivity contribution is 7.89. The van der Waals surface area contributed by atoms with Gasteiger partial charge in [-0.2, -0.15) is 4.31 Å². The van der Waals surface area contributed by atoms with E-state index >= 15 is 0 Å². The fourth-order valence-corrected chi connectivity index (χ4v) is 7.07. The summed E-state index contributed by atoms with van der Waals surface area (Å²) in [5.74, 6) is -0.681. The molecule has 1 aromatic rings. The van der Waals surface area contributed by atoms with E-state index < -0.39 is 31.9 Å². The number of nitrogens with zero attached hydrogens (tertiary/aromatic N) is 2. The van der Waals surface area contributed by atoms with Crippen LogP contribution in [0.3, 0.4) is 0 Å². The maximum absolute atomic E-state index is 13.0. The third kappa shape index (κ3) is 5.19. The van der Waals surface area contributed by atoms with Crippen molar-refractivity contribution in [1.82, 2.24) is 13.9 Å². The van der Waals surface area contributed by atoms with Gasteiger partial charge in [0.15, 0.2) is 0 Å². The Balaban J connectivity index is 1.58. The fourth-order valence-electron chi connectivity index (χ4n) is 4.02. The third-order valence-electron chi connectivity index (χ3n) is 5.56. The first-order chi connectivity index (χ1) is 14.1. The van der Waals surface area contributed by atoms with Crippen LogP contribution in [0.4, 0.5) is 4.39 Å². The molecule has 2 saturated heterocycles. The predicted octanol–water partition coefficient (Wildman–Crippen LogP) is 1.30. The van der Waals surface area contributed by atoms with Crippen LogP contribution in [0.2, 0.25) is 0 Å². The SMILES string of the molecule is CCCS(=O)(=O)N1CCCC1C(=O)N1CCC(NS(=O)(=O)c2ccc(F)cc2)CC1. The van der Waals surface area contributed by atoms with Crippen LogP contribution >= 0.6 is 0 Å². The molecule has 0 saturated carbocycles. The largest absolute Gasteiger partial charge is 0.341 e. The molecule has 3 rings (SSSR count). The number of halogens is 1. The number of sulfonamides is 2. The molecule has 2 aliphatic rings. The lowest BCUT2D eigenvalue weighted by Gasteiger charge is -2.35. The van der Waals surface area contributed by atoms with Gasteiger partial charge in [0, 0.05) is 25.7 Å². The molecular weight excluding hydrogens is 433 g/mol. The Morgan fingerprint density at radius 1 is 1.07 bits per heavy atom. The molecule has 2 heterocycles. The first kappa shape index (κ1) is 23.1. The van der Waals surface area contributed by atoms with Crippen LogP contribution in [-0.2, 0) is 24.8 Å². The summed E-state index contributed by atoms with van der Waals surface area (Å²) in [6.07, 6.45) is 2.53. The molecule has 2 fully saturated rings. The molecule has 0 spiro atoms. The van der Waals surface area contributed by atoms with Crippen LogP contribution in [0.1, 0.15) is 39.0 Å². The van der Waals surface area contributed by atoms with E-state index in [1.165, 1.54) is 16.4 Å². The molecule has 1 N–H and O–H groups in total. The third-order valence-corrected chi connectivity index (χ3v) is 9.17. The second-order valence-corrected chi connectivity index (χ2v) is 11.5.